The molecule has 7 nitrogen and oxygen atoms in total. The molecule has 1 fully saturated rings. The van der Waals surface area contributed by atoms with E-state index in [1.165, 1.54) is 16.7 Å². The van der Waals surface area contributed by atoms with Crippen LogP contribution in [0, 0.1) is 17.1 Å². The third kappa shape index (κ3) is 5.14. The Balaban J connectivity index is 1.61. The van der Waals surface area contributed by atoms with Gasteiger partial charge >= 0.3 is 6.36 Å². The molecule has 1 aromatic carbocycles. The molecule has 1 saturated heterocycles. The molecule has 36 heavy (non-hydrogen) atoms. The molecule has 0 bridgehead atoms. The predicted octanol–water partition coefficient (Wildman–Crippen LogP) is 4.33. The fourth-order valence-corrected chi connectivity index (χ4v) is 4.70. The topological polar surface area (TPSA) is 74.4 Å². The fourth-order valence-electron chi connectivity index (χ4n) is 4.70. The van der Waals surface area contributed by atoms with E-state index in [1.807, 2.05) is 19.9 Å². The Hall–Kier alpha value is -3.65. The summed E-state index contributed by atoms with van der Waals surface area (Å²) in [6.07, 6.45) is -4.21. The zero-order chi connectivity index (χ0) is 26.2. The van der Waals surface area contributed by atoms with Gasteiger partial charge in [0.25, 0.3) is 5.56 Å². The van der Waals surface area contributed by atoms with Gasteiger partial charge < -0.3 is 14.2 Å². The van der Waals surface area contributed by atoms with Crippen molar-refractivity contribution in [2.24, 2.45) is 7.05 Å². The minimum absolute atomic E-state index is 0.0219. The highest BCUT2D eigenvalue weighted by Gasteiger charge is 2.34. The van der Waals surface area contributed by atoms with Crippen molar-refractivity contribution in [2.75, 3.05) is 18.0 Å². The molecule has 0 amide bonds. The Morgan fingerprint density at radius 2 is 1.94 bits per heavy atom. The normalized spacial score (nSPS) is 18.9. The second-order valence-corrected chi connectivity index (χ2v) is 8.91. The van der Waals surface area contributed by atoms with E-state index in [1.54, 1.807) is 19.2 Å². The number of aromatic nitrogens is 2. The lowest BCUT2D eigenvalue weighted by Crippen LogP contribution is -2.57. The summed E-state index contributed by atoms with van der Waals surface area (Å²) in [6.45, 7) is 5.47. The number of nitriles is 1. The van der Waals surface area contributed by atoms with Gasteiger partial charge in [-0.3, -0.25) is 9.69 Å². The Kier molecular flexibility index (Phi) is 6.91. The Morgan fingerprint density at radius 1 is 1.19 bits per heavy atom. The van der Waals surface area contributed by atoms with Gasteiger partial charge in [0.2, 0.25) is 0 Å². The van der Waals surface area contributed by atoms with Crippen LogP contribution in [0.5, 0.6) is 5.75 Å². The fraction of sp³-hybridized carbons (Fsp3) is 0.400. The van der Waals surface area contributed by atoms with E-state index in [0.717, 1.165) is 18.6 Å². The van der Waals surface area contributed by atoms with Crippen molar-refractivity contribution in [3.8, 4) is 11.8 Å². The number of hydrogen-bond donors (Lipinski definition) is 0. The first-order valence-corrected chi connectivity index (χ1v) is 11.5. The molecule has 190 valence electrons. The van der Waals surface area contributed by atoms with E-state index in [9.17, 15) is 27.6 Å². The molecule has 2 aromatic heterocycles. The number of rotatable bonds is 5. The van der Waals surface area contributed by atoms with Crippen LogP contribution >= 0.6 is 0 Å². The lowest BCUT2D eigenvalue weighted by atomic mass is 10.0. The van der Waals surface area contributed by atoms with E-state index >= 15 is 0 Å². The maximum atomic E-state index is 14.2. The van der Waals surface area contributed by atoms with Crippen LogP contribution in [0.1, 0.15) is 31.5 Å². The monoisotopic (exact) mass is 503 g/mol. The molecular weight excluding hydrogens is 478 g/mol. The van der Waals surface area contributed by atoms with Crippen LogP contribution in [0.25, 0.3) is 11.0 Å². The second-order valence-electron chi connectivity index (χ2n) is 8.91. The SMILES string of the molecule is CC[C@@H]1CN(c2cc(=O)n(C)c3ccc(C#N)nc23)[C@@H](C)CN1Cc1ccc(OC(F)(F)F)c(F)c1. The van der Waals surface area contributed by atoms with Gasteiger partial charge in [-0.05, 0) is 43.2 Å². The molecule has 3 heterocycles. The molecule has 0 spiro atoms. The first kappa shape index (κ1) is 25.4. The summed E-state index contributed by atoms with van der Waals surface area (Å²) in [4.78, 5) is 21.4. The van der Waals surface area contributed by atoms with E-state index in [0.29, 0.717) is 41.9 Å². The first-order chi connectivity index (χ1) is 17.0. The van der Waals surface area contributed by atoms with Crippen molar-refractivity contribution in [3.05, 3.63) is 63.8 Å². The molecule has 3 aromatic rings. The van der Waals surface area contributed by atoms with Crippen molar-refractivity contribution >= 4 is 16.7 Å². The Morgan fingerprint density at radius 3 is 2.58 bits per heavy atom. The highest BCUT2D eigenvalue weighted by molar-refractivity contribution is 5.89. The van der Waals surface area contributed by atoms with Crippen LogP contribution in [-0.2, 0) is 13.6 Å². The van der Waals surface area contributed by atoms with Gasteiger partial charge in [0.05, 0.1) is 11.2 Å². The molecular formula is C25H25F4N5O2. The summed E-state index contributed by atoms with van der Waals surface area (Å²) in [5.74, 6) is -1.94. The summed E-state index contributed by atoms with van der Waals surface area (Å²) in [5.41, 5.74) is 2.42. The smallest absolute Gasteiger partial charge is 0.403 e. The quantitative estimate of drug-likeness (QED) is 0.483. The number of benzene rings is 1. The van der Waals surface area contributed by atoms with Crippen molar-refractivity contribution in [1.82, 2.24) is 14.5 Å². The van der Waals surface area contributed by atoms with Crippen LogP contribution < -0.4 is 15.2 Å². The number of ether oxygens (including phenoxy) is 1. The summed E-state index contributed by atoms with van der Waals surface area (Å²) in [5, 5.41) is 9.33. The third-order valence-electron chi connectivity index (χ3n) is 6.53. The summed E-state index contributed by atoms with van der Waals surface area (Å²) < 4.78 is 56.8. The van der Waals surface area contributed by atoms with Crippen LogP contribution in [-0.4, -0.2) is 46.0 Å². The second kappa shape index (κ2) is 9.78. The lowest BCUT2D eigenvalue weighted by molar-refractivity contribution is -0.275. The van der Waals surface area contributed by atoms with Gasteiger partial charge in [-0.1, -0.05) is 13.0 Å². The minimum Gasteiger partial charge on any atom is -0.403 e. The third-order valence-corrected chi connectivity index (χ3v) is 6.53. The van der Waals surface area contributed by atoms with Gasteiger partial charge in [0.15, 0.2) is 11.6 Å². The number of hydrogen-bond acceptors (Lipinski definition) is 6. The predicted molar refractivity (Wildman–Crippen MR) is 126 cm³/mol. The molecule has 1 aliphatic heterocycles. The molecule has 0 unspecified atom stereocenters. The summed E-state index contributed by atoms with van der Waals surface area (Å²) in [7, 11) is 1.66. The maximum absolute atomic E-state index is 14.2. The Labute approximate surface area is 205 Å². The van der Waals surface area contributed by atoms with Gasteiger partial charge in [-0.15, -0.1) is 13.2 Å². The number of fused-ring (bicyclic) bond motifs is 1. The first-order valence-electron chi connectivity index (χ1n) is 11.5. The van der Waals surface area contributed by atoms with E-state index in [2.05, 4.69) is 19.5 Å². The zero-order valence-electron chi connectivity index (χ0n) is 20.0. The standard InChI is InChI=1S/C25H25F4N5O2/c1-4-18-14-34(21-10-23(35)32(3)20-7-6-17(11-30)31-24(20)21)15(2)12-33(18)13-16-5-8-22(19(26)9-16)36-25(27,28)29/h5-10,15,18H,4,12-14H2,1-3H3/t15-,18+/m0/s1. The number of piperazine rings is 1. The number of halogens is 4. The van der Waals surface area contributed by atoms with E-state index in [4.69, 9.17) is 0 Å². The molecule has 0 radical (unpaired) electrons. The minimum atomic E-state index is -4.97. The summed E-state index contributed by atoms with van der Waals surface area (Å²) in [6, 6.07) is 10.3. The summed E-state index contributed by atoms with van der Waals surface area (Å²) >= 11 is 0. The molecule has 1 aliphatic rings. The molecule has 0 aliphatic carbocycles. The Bertz CT molecular complexity index is 1380. The van der Waals surface area contributed by atoms with Crippen LogP contribution in [0.3, 0.4) is 0 Å². The van der Waals surface area contributed by atoms with Gasteiger partial charge in [0.1, 0.15) is 17.3 Å². The molecule has 11 heteroatoms. The maximum Gasteiger partial charge on any atom is 0.573 e. The number of anilines is 1. The number of alkyl halides is 3. The average Bonchev–Trinajstić information content (AvgIpc) is 2.82. The van der Waals surface area contributed by atoms with Crippen LogP contribution in [0.15, 0.2) is 41.2 Å². The molecule has 0 N–H and O–H groups in total. The number of aryl methyl sites for hydroxylation is 1. The van der Waals surface area contributed by atoms with Crippen LogP contribution in [0.4, 0.5) is 23.2 Å². The zero-order valence-corrected chi connectivity index (χ0v) is 20.0. The molecule has 4 rings (SSSR count). The highest BCUT2D eigenvalue weighted by atomic mass is 19.4. The van der Waals surface area contributed by atoms with Crippen molar-refractivity contribution in [2.45, 2.75) is 45.3 Å². The molecule has 0 saturated carbocycles. The van der Waals surface area contributed by atoms with Gasteiger partial charge in [-0.2, -0.15) is 5.26 Å². The molecule has 2 atom stereocenters. The van der Waals surface area contributed by atoms with Gasteiger partial charge in [0, 0.05) is 44.8 Å². The van der Waals surface area contributed by atoms with Crippen molar-refractivity contribution in [1.29, 1.82) is 5.26 Å². The largest absolute Gasteiger partial charge is 0.573 e. The van der Waals surface area contributed by atoms with Crippen molar-refractivity contribution < 1.29 is 22.3 Å². The van der Waals surface area contributed by atoms with E-state index in [-0.39, 0.29) is 23.3 Å². The van der Waals surface area contributed by atoms with E-state index < -0.39 is 17.9 Å². The number of nitrogens with zero attached hydrogens (tertiary/aromatic N) is 5. The van der Waals surface area contributed by atoms with Gasteiger partial charge in [-0.25, -0.2) is 9.37 Å². The number of pyridine rings is 2. The average molecular weight is 504 g/mol. The van der Waals surface area contributed by atoms with Crippen molar-refractivity contribution in [3.63, 3.8) is 0 Å². The highest BCUT2D eigenvalue weighted by Crippen LogP contribution is 2.31. The van der Waals surface area contributed by atoms with Crippen LogP contribution in [0.2, 0.25) is 0 Å². The lowest BCUT2D eigenvalue weighted by Gasteiger charge is -2.46.